The molecule has 2 aromatic carbocycles. The van der Waals surface area contributed by atoms with Gasteiger partial charge in [-0.05, 0) is 29.5 Å². The molecule has 0 aliphatic carbocycles. The number of hydrogen-bond donors (Lipinski definition) is 2. The monoisotopic (exact) mass is 405 g/mol. The molecule has 3 rings (SSSR count). The van der Waals surface area contributed by atoms with E-state index in [2.05, 4.69) is 5.32 Å². The number of carboxylic acids is 1. The molecule has 0 aliphatic heterocycles. The van der Waals surface area contributed by atoms with Gasteiger partial charge in [0, 0.05) is 18.2 Å². The van der Waals surface area contributed by atoms with E-state index in [1.165, 1.54) is 6.07 Å². The predicted molar refractivity (Wildman–Crippen MR) is 113 cm³/mol. The normalized spacial score (nSPS) is 12.7. The Hall–Kier alpha value is -3.67. The summed E-state index contributed by atoms with van der Waals surface area (Å²) in [5.41, 5.74) is 2.81. The molecule has 0 saturated carbocycles. The number of benzene rings is 2. The molecule has 0 spiro atoms. The largest absolute Gasteiger partial charge is 0.481 e. The van der Waals surface area contributed by atoms with Gasteiger partial charge in [-0.15, -0.1) is 0 Å². The first-order valence-electron chi connectivity index (χ1n) is 9.69. The summed E-state index contributed by atoms with van der Waals surface area (Å²) in [5, 5.41) is 12.1. The van der Waals surface area contributed by atoms with Crippen LogP contribution in [-0.2, 0) is 11.2 Å². The maximum atomic E-state index is 12.5. The molecule has 30 heavy (non-hydrogen) atoms. The summed E-state index contributed by atoms with van der Waals surface area (Å²) in [7, 11) is 0. The maximum absolute atomic E-state index is 12.5. The molecule has 1 amide bonds. The van der Waals surface area contributed by atoms with Crippen molar-refractivity contribution in [3.8, 4) is 11.1 Å². The lowest BCUT2D eigenvalue weighted by Gasteiger charge is -2.21. The van der Waals surface area contributed by atoms with E-state index in [0.29, 0.717) is 6.42 Å². The van der Waals surface area contributed by atoms with Crippen molar-refractivity contribution in [1.82, 2.24) is 5.32 Å². The molecule has 0 aliphatic rings. The van der Waals surface area contributed by atoms with Crippen LogP contribution >= 0.6 is 0 Å². The zero-order valence-electron chi connectivity index (χ0n) is 16.6. The van der Waals surface area contributed by atoms with E-state index < -0.39 is 23.8 Å². The molecule has 3 aromatic rings. The van der Waals surface area contributed by atoms with Crippen LogP contribution in [-0.4, -0.2) is 23.0 Å². The molecular weight excluding hydrogens is 382 g/mol. The molecular formula is C24H23NO5. The zero-order valence-corrected chi connectivity index (χ0v) is 16.6. The first-order chi connectivity index (χ1) is 14.4. The van der Waals surface area contributed by atoms with Gasteiger partial charge in [-0.25, -0.2) is 0 Å². The molecule has 0 bridgehead atoms. The first kappa shape index (κ1) is 21.0. The lowest BCUT2D eigenvalue weighted by atomic mass is 9.95. The number of aliphatic carboxylic acids is 1. The van der Waals surface area contributed by atoms with Crippen molar-refractivity contribution in [2.24, 2.45) is 5.92 Å². The molecule has 6 nitrogen and oxygen atoms in total. The lowest BCUT2D eigenvalue weighted by molar-refractivity contribution is -0.141. The van der Waals surface area contributed by atoms with Gasteiger partial charge in [-0.3, -0.25) is 14.4 Å². The Bertz CT molecular complexity index is 1060. The number of amides is 1. The minimum Gasteiger partial charge on any atom is -0.481 e. The fourth-order valence-corrected chi connectivity index (χ4v) is 3.23. The van der Waals surface area contributed by atoms with Gasteiger partial charge in [0.05, 0.1) is 12.2 Å². The third kappa shape index (κ3) is 5.67. The average molecular weight is 405 g/mol. The Morgan fingerprint density at radius 3 is 2.30 bits per heavy atom. The van der Waals surface area contributed by atoms with Crippen molar-refractivity contribution in [2.45, 2.75) is 25.8 Å². The Kier molecular flexibility index (Phi) is 6.80. The fraction of sp³-hybridized carbons (Fsp3) is 0.208. The first-order valence-corrected chi connectivity index (χ1v) is 9.69. The van der Waals surface area contributed by atoms with Crippen molar-refractivity contribution in [3.05, 3.63) is 94.5 Å². The number of rotatable bonds is 8. The molecule has 1 heterocycles. The number of hydrogen-bond acceptors (Lipinski definition) is 4. The van der Waals surface area contributed by atoms with Gasteiger partial charge in [0.2, 0.25) is 0 Å². The molecule has 2 N–H and O–H groups in total. The number of carbonyl (C=O) groups is 2. The van der Waals surface area contributed by atoms with E-state index in [9.17, 15) is 19.5 Å². The Morgan fingerprint density at radius 1 is 1.00 bits per heavy atom. The quantitative estimate of drug-likeness (QED) is 0.595. The summed E-state index contributed by atoms with van der Waals surface area (Å²) in [4.78, 5) is 35.3. The van der Waals surface area contributed by atoms with Crippen molar-refractivity contribution < 1.29 is 19.1 Å². The summed E-state index contributed by atoms with van der Waals surface area (Å²) in [5.74, 6) is -2.22. The molecule has 0 fully saturated rings. The smallest absolute Gasteiger partial charge is 0.306 e. The predicted octanol–water partition coefficient (Wildman–Crippen LogP) is 3.76. The van der Waals surface area contributed by atoms with Crippen LogP contribution in [0.2, 0.25) is 0 Å². The van der Waals surface area contributed by atoms with Gasteiger partial charge in [-0.2, -0.15) is 0 Å². The van der Waals surface area contributed by atoms with Crippen LogP contribution in [0.15, 0.2) is 82.2 Å². The molecule has 2 atom stereocenters. The second-order valence-electron chi connectivity index (χ2n) is 7.24. The third-order valence-corrected chi connectivity index (χ3v) is 4.86. The fourth-order valence-electron chi connectivity index (χ4n) is 3.23. The molecule has 1 aromatic heterocycles. The number of nitrogens with one attached hydrogen (secondary N) is 1. The van der Waals surface area contributed by atoms with Crippen LogP contribution in [0.3, 0.4) is 0 Å². The van der Waals surface area contributed by atoms with Gasteiger partial charge in [0.25, 0.3) is 5.91 Å². The summed E-state index contributed by atoms with van der Waals surface area (Å²) < 4.78 is 5.11. The van der Waals surface area contributed by atoms with E-state index in [1.54, 1.807) is 6.92 Å². The number of carbonyl (C=O) groups excluding carboxylic acids is 1. The van der Waals surface area contributed by atoms with Crippen LogP contribution in [0.5, 0.6) is 0 Å². The number of carboxylic acid groups (broad SMARTS) is 1. The summed E-state index contributed by atoms with van der Waals surface area (Å²) in [6.07, 6.45) is 1.86. The van der Waals surface area contributed by atoms with Crippen molar-refractivity contribution in [3.63, 3.8) is 0 Å². The average Bonchev–Trinajstić information content (AvgIpc) is 2.74. The van der Waals surface area contributed by atoms with Crippen molar-refractivity contribution >= 4 is 11.9 Å². The Balaban J connectivity index is 1.75. The Labute approximate surface area is 174 Å². The third-order valence-electron chi connectivity index (χ3n) is 4.86. The van der Waals surface area contributed by atoms with E-state index in [-0.39, 0.29) is 17.6 Å². The molecule has 0 saturated heterocycles. The molecule has 6 heteroatoms. The van der Waals surface area contributed by atoms with Crippen LogP contribution in [0.25, 0.3) is 11.1 Å². The molecule has 154 valence electrons. The van der Waals surface area contributed by atoms with Crippen LogP contribution in [0.4, 0.5) is 0 Å². The van der Waals surface area contributed by atoms with Gasteiger partial charge >= 0.3 is 5.97 Å². The van der Waals surface area contributed by atoms with Gasteiger partial charge in [-0.1, -0.05) is 61.5 Å². The summed E-state index contributed by atoms with van der Waals surface area (Å²) >= 11 is 0. The minimum absolute atomic E-state index is 0.102. The van der Waals surface area contributed by atoms with Crippen molar-refractivity contribution in [2.75, 3.05) is 0 Å². The standard InChI is InChI=1S/C24H23NO5/c1-16(24(28)29)13-20(25-23(27)22-15-21(26)11-12-30-22)14-17-7-9-19(10-8-17)18-5-3-2-4-6-18/h2-12,15-16,20H,13-14H2,1H3,(H,25,27)(H,28,29)/t16-,20+/m1/s1. The second-order valence-corrected chi connectivity index (χ2v) is 7.24. The van der Waals surface area contributed by atoms with E-state index in [0.717, 1.165) is 29.0 Å². The highest BCUT2D eigenvalue weighted by Gasteiger charge is 2.22. The minimum atomic E-state index is -0.931. The molecule has 0 radical (unpaired) electrons. The lowest BCUT2D eigenvalue weighted by Crippen LogP contribution is -2.38. The van der Waals surface area contributed by atoms with Crippen LogP contribution < -0.4 is 10.7 Å². The highest BCUT2D eigenvalue weighted by atomic mass is 16.4. The topological polar surface area (TPSA) is 96.6 Å². The van der Waals surface area contributed by atoms with E-state index >= 15 is 0 Å². The highest BCUT2D eigenvalue weighted by Crippen LogP contribution is 2.20. The summed E-state index contributed by atoms with van der Waals surface area (Å²) in [6.45, 7) is 1.60. The second kappa shape index (κ2) is 9.69. The van der Waals surface area contributed by atoms with E-state index in [4.69, 9.17) is 4.42 Å². The van der Waals surface area contributed by atoms with Crippen LogP contribution in [0, 0.1) is 5.92 Å². The van der Waals surface area contributed by atoms with Gasteiger partial charge < -0.3 is 14.8 Å². The highest BCUT2D eigenvalue weighted by molar-refractivity contribution is 5.91. The Morgan fingerprint density at radius 2 is 1.67 bits per heavy atom. The molecule has 0 unspecified atom stereocenters. The SMILES string of the molecule is C[C@H](C[C@@H](Cc1ccc(-c2ccccc2)cc1)NC(=O)c1cc(=O)cco1)C(=O)O. The summed E-state index contributed by atoms with van der Waals surface area (Å²) in [6, 6.07) is 19.8. The maximum Gasteiger partial charge on any atom is 0.306 e. The van der Waals surface area contributed by atoms with Crippen molar-refractivity contribution in [1.29, 1.82) is 0 Å². The van der Waals surface area contributed by atoms with Crippen LogP contribution in [0.1, 0.15) is 29.5 Å². The van der Waals surface area contributed by atoms with E-state index in [1.807, 2.05) is 54.6 Å². The van der Waals surface area contributed by atoms with Gasteiger partial charge in [0.1, 0.15) is 0 Å². The van der Waals surface area contributed by atoms with Gasteiger partial charge in [0.15, 0.2) is 11.2 Å². The zero-order chi connectivity index (χ0) is 21.5.